The minimum Gasteiger partial charge on any atom is -0.488 e. The number of nitrogens with one attached hydrogen (secondary N) is 2. The first-order valence-electron chi connectivity index (χ1n) is 9.06. The Morgan fingerprint density at radius 1 is 1.38 bits per heavy atom. The number of nitrogens with zero attached hydrogens (tertiary/aromatic N) is 1. The number of halogens is 1. The summed E-state index contributed by atoms with van der Waals surface area (Å²) in [5.74, 6) is 1.42. The van der Waals surface area contributed by atoms with Crippen molar-refractivity contribution in [1.29, 1.82) is 0 Å². The zero-order valence-electron chi connectivity index (χ0n) is 15.4. The molecule has 0 aromatic heterocycles. The van der Waals surface area contributed by atoms with Crippen LogP contribution < -0.4 is 15.4 Å². The lowest BCUT2D eigenvalue weighted by Gasteiger charge is -2.18. The Kier molecular flexibility index (Phi) is 7.68. The smallest absolute Gasteiger partial charge is 0.191 e. The summed E-state index contributed by atoms with van der Waals surface area (Å²) in [6.07, 6.45) is 1.26. The van der Waals surface area contributed by atoms with Gasteiger partial charge in [0.05, 0.1) is 18.1 Å². The number of rotatable bonds is 8. The summed E-state index contributed by atoms with van der Waals surface area (Å²) in [6, 6.07) is 6.07. The molecule has 8 heteroatoms. The maximum atomic E-state index is 13.3. The average Bonchev–Trinajstić information content (AvgIpc) is 2.95. The summed E-state index contributed by atoms with van der Waals surface area (Å²) < 4.78 is 42.2. The van der Waals surface area contributed by atoms with E-state index in [-0.39, 0.29) is 29.3 Å². The molecule has 0 spiro atoms. The highest BCUT2D eigenvalue weighted by molar-refractivity contribution is 7.91. The van der Waals surface area contributed by atoms with E-state index in [0.717, 1.165) is 6.42 Å². The van der Waals surface area contributed by atoms with Gasteiger partial charge in [-0.2, -0.15) is 0 Å². The van der Waals surface area contributed by atoms with E-state index in [2.05, 4.69) is 15.6 Å². The van der Waals surface area contributed by atoms with Crippen LogP contribution in [0.5, 0.6) is 5.75 Å². The standard InChI is InChI=1S/C18H28FN3O3S/c1-3-16(25-17-7-5-6-15(19)10-17)12-22-18(20-4-2)21-11-14-8-9-26(23,24)13-14/h5-7,10,14,16H,3-4,8-9,11-13H2,1-2H3,(H2,20,21,22). The molecule has 2 N–H and O–H groups in total. The van der Waals surface area contributed by atoms with Crippen LogP contribution in [0.3, 0.4) is 0 Å². The summed E-state index contributed by atoms with van der Waals surface area (Å²) in [5.41, 5.74) is 0. The highest BCUT2D eigenvalue weighted by Gasteiger charge is 2.27. The molecule has 1 heterocycles. The van der Waals surface area contributed by atoms with Gasteiger partial charge in [0.2, 0.25) is 0 Å². The predicted molar refractivity (Wildman–Crippen MR) is 102 cm³/mol. The van der Waals surface area contributed by atoms with E-state index in [1.54, 1.807) is 12.1 Å². The normalized spacial score (nSPS) is 20.6. The number of sulfone groups is 1. The lowest BCUT2D eigenvalue weighted by Crippen LogP contribution is -2.40. The van der Waals surface area contributed by atoms with E-state index in [1.807, 2.05) is 13.8 Å². The third kappa shape index (κ3) is 6.82. The van der Waals surface area contributed by atoms with Crippen molar-refractivity contribution in [3.63, 3.8) is 0 Å². The van der Waals surface area contributed by atoms with Gasteiger partial charge in [-0.25, -0.2) is 17.8 Å². The van der Waals surface area contributed by atoms with Crippen LogP contribution in [0.1, 0.15) is 26.7 Å². The summed E-state index contributed by atoms with van der Waals surface area (Å²) >= 11 is 0. The third-order valence-electron chi connectivity index (χ3n) is 4.24. The Morgan fingerprint density at radius 3 is 2.81 bits per heavy atom. The molecule has 0 radical (unpaired) electrons. The van der Waals surface area contributed by atoms with E-state index >= 15 is 0 Å². The molecule has 1 aliphatic heterocycles. The highest BCUT2D eigenvalue weighted by atomic mass is 32.2. The highest BCUT2D eigenvalue weighted by Crippen LogP contribution is 2.17. The van der Waals surface area contributed by atoms with Crippen molar-refractivity contribution in [2.45, 2.75) is 32.8 Å². The Labute approximate surface area is 155 Å². The lowest BCUT2D eigenvalue weighted by atomic mass is 10.1. The number of benzene rings is 1. The topological polar surface area (TPSA) is 79.8 Å². The molecule has 2 unspecified atom stereocenters. The molecule has 2 rings (SSSR count). The van der Waals surface area contributed by atoms with Crippen molar-refractivity contribution in [2.75, 3.05) is 31.1 Å². The predicted octanol–water partition coefficient (Wildman–Crippen LogP) is 1.97. The van der Waals surface area contributed by atoms with Gasteiger partial charge in [0.15, 0.2) is 15.8 Å². The van der Waals surface area contributed by atoms with Gasteiger partial charge in [-0.05, 0) is 37.8 Å². The van der Waals surface area contributed by atoms with E-state index < -0.39 is 9.84 Å². The van der Waals surface area contributed by atoms with Crippen LogP contribution in [-0.4, -0.2) is 51.6 Å². The summed E-state index contributed by atoms with van der Waals surface area (Å²) in [6.45, 7) is 5.66. The van der Waals surface area contributed by atoms with Crippen LogP contribution in [0.25, 0.3) is 0 Å². The quantitative estimate of drug-likeness (QED) is 0.528. The molecule has 6 nitrogen and oxygen atoms in total. The molecule has 1 aliphatic rings. The first kappa shape index (κ1) is 20.5. The van der Waals surface area contributed by atoms with E-state index in [1.165, 1.54) is 12.1 Å². The zero-order valence-corrected chi connectivity index (χ0v) is 16.2. The van der Waals surface area contributed by atoms with E-state index in [9.17, 15) is 12.8 Å². The molecule has 0 saturated carbocycles. The first-order valence-corrected chi connectivity index (χ1v) is 10.9. The molecule has 26 heavy (non-hydrogen) atoms. The number of guanidine groups is 1. The number of ether oxygens (including phenoxy) is 1. The summed E-state index contributed by atoms with van der Waals surface area (Å²) in [5, 5.41) is 6.37. The SMILES string of the molecule is CCNC(=NCC(CC)Oc1cccc(F)c1)NCC1CCS(=O)(=O)C1. The Bertz CT molecular complexity index is 709. The van der Waals surface area contributed by atoms with E-state index in [4.69, 9.17) is 4.74 Å². The summed E-state index contributed by atoms with van der Waals surface area (Å²) in [7, 11) is -2.87. The monoisotopic (exact) mass is 385 g/mol. The lowest BCUT2D eigenvalue weighted by molar-refractivity contribution is 0.205. The molecule has 1 aromatic rings. The van der Waals surface area contributed by atoms with Gasteiger partial charge in [-0.15, -0.1) is 0 Å². The molecule has 0 aliphatic carbocycles. The van der Waals surface area contributed by atoms with Gasteiger partial charge in [0, 0.05) is 19.2 Å². The minimum atomic E-state index is -2.87. The van der Waals surface area contributed by atoms with Crippen LogP contribution in [0, 0.1) is 11.7 Å². The molecule has 0 amide bonds. The molecular weight excluding hydrogens is 357 g/mol. The second-order valence-electron chi connectivity index (χ2n) is 6.48. The van der Waals surface area contributed by atoms with Crippen molar-refractivity contribution >= 4 is 15.8 Å². The molecule has 2 atom stereocenters. The molecule has 1 saturated heterocycles. The number of hydrogen-bond acceptors (Lipinski definition) is 4. The fourth-order valence-corrected chi connectivity index (χ4v) is 4.65. The van der Waals surface area contributed by atoms with Crippen LogP contribution in [0.4, 0.5) is 4.39 Å². The second-order valence-corrected chi connectivity index (χ2v) is 8.70. The van der Waals surface area contributed by atoms with Gasteiger partial charge in [0.1, 0.15) is 17.7 Å². The van der Waals surface area contributed by atoms with Gasteiger partial charge in [-0.3, -0.25) is 0 Å². The largest absolute Gasteiger partial charge is 0.488 e. The maximum absolute atomic E-state index is 13.3. The fraction of sp³-hybridized carbons (Fsp3) is 0.611. The summed E-state index contributed by atoms with van der Waals surface area (Å²) in [4.78, 5) is 4.53. The van der Waals surface area contributed by atoms with Crippen LogP contribution in [0.2, 0.25) is 0 Å². The van der Waals surface area contributed by atoms with Gasteiger partial charge in [0.25, 0.3) is 0 Å². The van der Waals surface area contributed by atoms with E-state index in [0.29, 0.717) is 37.8 Å². The molecular formula is C18H28FN3O3S. The molecule has 1 aromatic carbocycles. The van der Waals surface area contributed by atoms with Crippen molar-refractivity contribution in [1.82, 2.24) is 10.6 Å². The Morgan fingerprint density at radius 2 is 2.19 bits per heavy atom. The zero-order chi connectivity index (χ0) is 19.0. The Hall–Kier alpha value is -1.83. The van der Waals surface area contributed by atoms with Crippen molar-refractivity contribution in [2.24, 2.45) is 10.9 Å². The number of aliphatic imine (C=N–C) groups is 1. The van der Waals surface area contributed by atoms with Gasteiger partial charge in [-0.1, -0.05) is 13.0 Å². The van der Waals surface area contributed by atoms with Crippen molar-refractivity contribution in [3.05, 3.63) is 30.1 Å². The Balaban J connectivity index is 1.89. The molecule has 146 valence electrons. The first-order chi connectivity index (χ1) is 12.4. The molecule has 0 bridgehead atoms. The minimum absolute atomic E-state index is 0.120. The van der Waals surface area contributed by atoms with Gasteiger partial charge < -0.3 is 15.4 Å². The van der Waals surface area contributed by atoms with Crippen molar-refractivity contribution in [3.8, 4) is 5.75 Å². The van der Waals surface area contributed by atoms with Crippen molar-refractivity contribution < 1.29 is 17.5 Å². The maximum Gasteiger partial charge on any atom is 0.191 e. The molecule has 1 fully saturated rings. The van der Waals surface area contributed by atoms with Crippen LogP contribution in [0.15, 0.2) is 29.3 Å². The van der Waals surface area contributed by atoms with Crippen LogP contribution in [-0.2, 0) is 9.84 Å². The van der Waals surface area contributed by atoms with Gasteiger partial charge >= 0.3 is 0 Å². The fourth-order valence-electron chi connectivity index (χ4n) is 2.79. The van der Waals surface area contributed by atoms with Crippen LogP contribution >= 0.6 is 0 Å². The second kappa shape index (κ2) is 9.75. The third-order valence-corrected chi connectivity index (χ3v) is 6.07. The number of hydrogen-bond donors (Lipinski definition) is 2. The average molecular weight is 386 g/mol.